The van der Waals surface area contributed by atoms with Crippen molar-refractivity contribution in [2.45, 2.75) is 6.92 Å². The van der Waals surface area contributed by atoms with Crippen LogP contribution in [0.15, 0.2) is 40.1 Å². The van der Waals surface area contributed by atoms with Crippen molar-refractivity contribution in [3.63, 3.8) is 0 Å². The molecule has 0 aliphatic rings. The molecular formula is C13H13N3O4. The Morgan fingerprint density at radius 3 is 2.70 bits per heavy atom. The number of hydrogen-bond donors (Lipinski definition) is 3. The molecule has 0 spiro atoms. The van der Waals surface area contributed by atoms with E-state index in [2.05, 4.69) is 4.98 Å². The molecule has 2 aromatic rings. The standard InChI is InChI=1S/C13H13N3O4/c1-2-16(8-4-3-5-9(17)6-8)12(19)10-7-14-13(20)15-11(10)18/h3-7,17H,2H2,1H3,(H2,14,15,18,20). The van der Waals surface area contributed by atoms with Crippen LogP contribution in [0.2, 0.25) is 0 Å². The van der Waals surface area contributed by atoms with Gasteiger partial charge in [-0.15, -0.1) is 0 Å². The highest BCUT2D eigenvalue weighted by Crippen LogP contribution is 2.20. The average Bonchev–Trinajstić information content (AvgIpc) is 2.39. The molecule has 7 heteroatoms. The van der Waals surface area contributed by atoms with Crippen molar-refractivity contribution in [3.8, 4) is 5.75 Å². The maximum Gasteiger partial charge on any atom is 0.325 e. The Bertz CT molecular complexity index is 748. The molecule has 0 saturated carbocycles. The van der Waals surface area contributed by atoms with Gasteiger partial charge in [-0.3, -0.25) is 14.6 Å². The number of nitrogens with zero attached hydrogens (tertiary/aromatic N) is 1. The molecule has 7 nitrogen and oxygen atoms in total. The summed E-state index contributed by atoms with van der Waals surface area (Å²) < 4.78 is 0. The number of rotatable bonds is 3. The highest BCUT2D eigenvalue weighted by Gasteiger charge is 2.19. The number of carbonyl (C=O) groups excluding carboxylic acids is 1. The van der Waals surface area contributed by atoms with Crippen molar-refractivity contribution >= 4 is 11.6 Å². The second kappa shape index (κ2) is 5.43. The van der Waals surface area contributed by atoms with Gasteiger partial charge in [0.15, 0.2) is 0 Å². The molecule has 1 aromatic heterocycles. The minimum absolute atomic E-state index is 0.0177. The van der Waals surface area contributed by atoms with Gasteiger partial charge in [-0.2, -0.15) is 0 Å². The van der Waals surface area contributed by atoms with Crippen LogP contribution in [0.5, 0.6) is 5.75 Å². The first kappa shape index (κ1) is 13.6. The van der Waals surface area contributed by atoms with Gasteiger partial charge in [0, 0.05) is 24.5 Å². The van der Waals surface area contributed by atoms with Crippen molar-refractivity contribution < 1.29 is 9.90 Å². The van der Waals surface area contributed by atoms with Crippen LogP contribution in [0.25, 0.3) is 0 Å². The summed E-state index contributed by atoms with van der Waals surface area (Å²) in [6, 6.07) is 6.13. The lowest BCUT2D eigenvalue weighted by Crippen LogP contribution is -2.37. The van der Waals surface area contributed by atoms with E-state index in [1.807, 2.05) is 4.98 Å². The van der Waals surface area contributed by atoms with E-state index < -0.39 is 17.2 Å². The zero-order valence-corrected chi connectivity index (χ0v) is 10.7. The molecule has 3 N–H and O–H groups in total. The maximum atomic E-state index is 12.3. The SMILES string of the molecule is CCN(C(=O)c1c[nH]c(=O)[nH]c1=O)c1cccc(O)c1. The van der Waals surface area contributed by atoms with Gasteiger partial charge in [0.25, 0.3) is 11.5 Å². The number of phenols is 1. The highest BCUT2D eigenvalue weighted by atomic mass is 16.3. The minimum atomic E-state index is -0.752. The summed E-state index contributed by atoms with van der Waals surface area (Å²) >= 11 is 0. The quantitative estimate of drug-likeness (QED) is 0.755. The number of carbonyl (C=O) groups is 1. The third-order valence-electron chi connectivity index (χ3n) is 2.75. The number of anilines is 1. The van der Waals surface area contributed by atoms with Crippen LogP contribution in [-0.4, -0.2) is 27.5 Å². The van der Waals surface area contributed by atoms with Gasteiger partial charge < -0.3 is 15.0 Å². The number of nitrogens with one attached hydrogen (secondary N) is 2. The number of H-pyrrole nitrogens is 2. The summed E-state index contributed by atoms with van der Waals surface area (Å²) in [5.74, 6) is -0.542. The molecule has 1 heterocycles. The summed E-state index contributed by atoms with van der Waals surface area (Å²) in [6.07, 6.45) is 1.08. The molecule has 0 atom stereocenters. The van der Waals surface area contributed by atoms with E-state index in [0.29, 0.717) is 12.2 Å². The fraction of sp³-hybridized carbons (Fsp3) is 0.154. The summed E-state index contributed by atoms with van der Waals surface area (Å²) in [4.78, 5) is 40.5. The molecule has 20 heavy (non-hydrogen) atoms. The first-order valence-corrected chi connectivity index (χ1v) is 5.96. The topological polar surface area (TPSA) is 106 Å². The molecule has 0 unspecified atom stereocenters. The summed E-state index contributed by atoms with van der Waals surface area (Å²) in [7, 11) is 0. The Kier molecular flexibility index (Phi) is 3.69. The van der Waals surface area contributed by atoms with Gasteiger partial charge >= 0.3 is 5.69 Å². The molecule has 104 valence electrons. The number of benzene rings is 1. The van der Waals surface area contributed by atoms with Crippen molar-refractivity contribution in [2.24, 2.45) is 0 Å². The predicted molar refractivity (Wildman–Crippen MR) is 73.1 cm³/mol. The van der Waals surface area contributed by atoms with Gasteiger partial charge in [0.05, 0.1) is 0 Å². The zero-order valence-electron chi connectivity index (χ0n) is 10.7. The Labute approximate surface area is 113 Å². The highest BCUT2D eigenvalue weighted by molar-refractivity contribution is 6.05. The van der Waals surface area contributed by atoms with Crippen molar-refractivity contribution in [3.05, 3.63) is 56.9 Å². The molecule has 0 aliphatic carbocycles. The first-order valence-electron chi connectivity index (χ1n) is 5.96. The summed E-state index contributed by atoms with van der Waals surface area (Å²) in [5, 5.41) is 9.45. The van der Waals surface area contributed by atoms with E-state index in [0.717, 1.165) is 6.20 Å². The van der Waals surface area contributed by atoms with Gasteiger partial charge in [0.2, 0.25) is 0 Å². The molecule has 0 saturated heterocycles. The van der Waals surface area contributed by atoms with Crippen LogP contribution in [0, 0.1) is 0 Å². The molecule has 2 rings (SSSR count). The number of aromatic amines is 2. The first-order chi connectivity index (χ1) is 9.52. The summed E-state index contributed by atoms with van der Waals surface area (Å²) in [5.41, 5.74) is -1.14. The van der Waals surface area contributed by atoms with E-state index >= 15 is 0 Å². The number of hydrogen-bond acceptors (Lipinski definition) is 4. The Hall–Kier alpha value is -2.83. The molecule has 0 radical (unpaired) electrons. The Morgan fingerprint density at radius 2 is 2.10 bits per heavy atom. The van der Waals surface area contributed by atoms with Gasteiger partial charge in [-0.25, -0.2) is 4.79 Å². The largest absolute Gasteiger partial charge is 0.508 e. The Morgan fingerprint density at radius 1 is 1.35 bits per heavy atom. The molecule has 0 fully saturated rings. The van der Waals surface area contributed by atoms with Gasteiger partial charge in [0.1, 0.15) is 11.3 Å². The maximum absolute atomic E-state index is 12.3. The number of aromatic hydroxyl groups is 1. The predicted octanol–water partition coefficient (Wildman–Crippen LogP) is 0.435. The fourth-order valence-electron chi connectivity index (χ4n) is 1.82. The van der Waals surface area contributed by atoms with Crippen LogP contribution < -0.4 is 16.1 Å². The minimum Gasteiger partial charge on any atom is -0.508 e. The third-order valence-corrected chi connectivity index (χ3v) is 2.75. The third kappa shape index (κ3) is 2.61. The van der Waals surface area contributed by atoms with E-state index in [1.54, 1.807) is 19.1 Å². The number of aromatic nitrogens is 2. The molecule has 1 amide bonds. The lowest BCUT2D eigenvalue weighted by molar-refractivity contribution is 0.0986. The van der Waals surface area contributed by atoms with E-state index in [1.165, 1.54) is 17.0 Å². The smallest absolute Gasteiger partial charge is 0.325 e. The van der Waals surface area contributed by atoms with Crippen LogP contribution >= 0.6 is 0 Å². The normalized spacial score (nSPS) is 10.2. The monoisotopic (exact) mass is 275 g/mol. The molecular weight excluding hydrogens is 262 g/mol. The summed E-state index contributed by atoms with van der Waals surface area (Å²) in [6.45, 7) is 2.04. The van der Waals surface area contributed by atoms with Gasteiger partial charge in [-0.1, -0.05) is 6.07 Å². The number of phenolic OH excluding ortho intramolecular Hbond substituents is 1. The average molecular weight is 275 g/mol. The fourth-order valence-corrected chi connectivity index (χ4v) is 1.82. The van der Waals surface area contributed by atoms with Crippen molar-refractivity contribution in [1.29, 1.82) is 0 Å². The van der Waals surface area contributed by atoms with Crippen LogP contribution in [-0.2, 0) is 0 Å². The van der Waals surface area contributed by atoms with Crippen LogP contribution in [0.3, 0.4) is 0 Å². The molecule has 0 bridgehead atoms. The lowest BCUT2D eigenvalue weighted by Gasteiger charge is -2.20. The Balaban J connectivity index is 2.44. The van der Waals surface area contributed by atoms with Gasteiger partial charge in [-0.05, 0) is 19.1 Å². The molecule has 0 aliphatic heterocycles. The lowest BCUT2D eigenvalue weighted by atomic mass is 10.2. The van der Waals surface area contributed by atoms with Crippen LogP contribution in [0.4, 0.5) is 5.69 Å². The van der Waals surface area contributed by atoms with Crippen molar-refractivity contribution in [2.75, 3.05) is 11.4 Å². The molecule has 1 aromatic carbocycles. The van der Waals surface area contributed by atoms with E-state index in [9.17, 15) is 19.5 Å². The zero-order chi connectivity index (χ0) is 14.7. The second-order valence-electron chi connectivity index (χ2n) is 4.05. The van der Waals surface area contributed by atoms with E-state index in [-0.39, 0.29) is 11.3 Å². The number of amides is 1. The van der Waals surface area contributed by atoms with E-state index in [4.69, 9.17) is 0 Å². The second-order valence-corrected chi connectivity index (χ2v) is 4.05. The van der Waals surface area contributed by atoms with Crippen LogP contribution in [0.1, 0.15) is 17.3 Å². The van der Waals surface area contributed by atoms with Crippen molar-refractivity contribution in [1.82, 2.24) is 9.97 Å².